The number of Topliss-reactive ketones (excluding diaryl/α,β-unsaturated/α-hetero) is 2. The lowest BCUT2D eigenvalue weighted by Crippen LogP contribution is -2.65. The van der Waals surface area contributed by atoms with Gasteiger partial charge in [0, 0.05) is 74.2 Å². The Morgan fingerprint density at radius 3 is 1.12 bits per heavy atom. The molecule has 0 radical (unpaired) electrons. The second kappa shape index (κ2) is 26.6. The molecular formula is C58H62N6O10. The third-order valence-corrected chi connectivity index (χ3v) is 14.4. The molecule has 2 aromatic heterocycles. The van der Waals surface area contributed by atoms with Crippen molar-refractivity contribution < 1.29 is 57.4 Å². The second-order valence-corrected chi connectivity index (χ2v) is 19.1. The minimum Gasteiger partial charge on any atom is -0.554 e. The van der Waals surface area contributed by atoms with Crippen LogP contribution in [0.5, 0.6) is 0 Å². The minimum atomic E-state index is -0.595. The summed E-state index contributed by atoms with van der Waals surface area (Å²) in [6.07, 6.45) is 6.81. The zero-order chi connectivity index (χ0) is 52.2. The van der Waals surface area contributed by atoms with E-state index in [4.69, 9.17) is 29.3 Å². The first-order chi connectivity index (χ1) is 36.1. The van der Waals surface area contributed by atoms with E-state index in [2.05, 4.69) is 20.6 Å². The molecule has 8 heterocycles. The average Bonchev–Trinajstić information content (AvgIpc) is 3.44. The van der Waals surface area contributed by atoms with E-state index in [-0.39, 0.29) is 35.7 Å². The number of pyridine rings is 2. The van der Waals surface area contributed by atoms with E-state index < -0.39 is 25.0 Å². The predicted molar refractivity (Wildman–Crippen MR) is 272 cm³/mol. The van der Waals surface area contributed by atoms with Gasteiger partial charge >= 0.3 is 11.9 Å². The number of anilines is 2. The van der Waals surface area contributed by atoms with E-state index in [1.807, 2.05) is 146 Å². The normalized spacial score (nSPS) is 22.6. The molecule has 0 aliphatic carbocycles. The van der Waals surface area contributed by atoms with Crippen LogP contribution in [-0.2, 0) is 28.7 Å². The molecule has 4 bridgehead atoms. The van der Waals surface area contributed by atoms with Gasteiger partial charge < -0.3 is 48.9 Å². The van der Waals surface area contributed by atoms with E-state index in [9.17, 15) is 19.2 Å². The van der Waals surface area contributed by atoms with Crippen LogP contribution in [0.3, 0.4) is 0 Å². The summed E-state index contributed by atoms with van der Waals surface area (Å²) in [5.74, 6) is 0.257. The smallest absolute Gasteiger partial charge is 0.333 e. The number of nitrogens with zero attached hydrogens (tertiary/aromatic N) is 4. The standard InChI is InChI=1S/2C28H30N3O3.2CH2O2/c2*32-25(24-13-7-8-16-29-24)19-31-17-14-21(15-18-31)26(20-31)34-28(33)27(22-9-3-1-4-10-22)30-23-11-5-2-6-12-23;2*2-1-3/h2*1-13,16,21,26-27,30H,14-15,17-20H2;2*1H,(H,2,3)/q2*+1;;/p-2/t2*21?,26-,27?,31?;;/m00../s1. The van der Waals surface area contributed by atoms with Gasteiger partial charge in [-0.05, 0) is 59.7 Å². The lowest BCUT2D eigenvalue weighted by molar-refractivity contribution is -0.938. The van der Waals surface area contributed by atoms with Gasteiger partial charge in [-0.15, -0.1) is 0 Å². The van der Waals surface area contributed by atoms with Gasteiger partial charge in [-0.25, -0.2) is 9.59 Å². The SMILES string of the molecule is O=C(C[N+]12CCC(CC1)[C@@H](OC(=O)C(Nc1ccccc1)c1ccccc1)C2)c1ccccn1.O=C(C[N+]12CCC(CC1)[C@@H](OC(=O)C(Nc1ccccc1)c1ccccc1)C2)c1ccccn1.O=C[O-].O=C[O-]. The average molecular weight is 1000 g/mol. The summed E-state index contributed by atoms with van der Waals surface area (Å²) in [7, 11) is 0. The van der Waals surface area contributed by atoms with Gasteiger partial charge in [0.05, 0.1) is 26.2 Å². The van der Waals surface area contributed by atoms with Crippen molar-refractivity contribution in [3.05, 3.63) is 193 Å². The first kappa shape index (κ1) is 53.7. The van der Waals surface area contributed by atoms with Crippen molar-refractivity contribution >= 4 is 47.8 Å². The van der Waals surface area contributed by atoms with Gasteiger partial charge in [0.1, 0.15) is 37.6 Å². The van der Waals surface area contributed by atoms with Gasteiger partial charge in [-0.3, -0.25) is 19.6 Å². The highest BCUT2D eigenvalue weighted by molar-refractivity contribution is 5.95. The van der Waals surface area contributed by atoms with E-state index >= 15 is 0 Å². The van der Waals surface area contributed by atoms with E-state index in [0.717, 1.165) is 74.4 Å². The number of carboxylic acid groups (broad SMARTS) is 2. The Hall–Kier alpha value is -8.08. The Balaban J connectivity index is 0.000000196. The molecule has 6 saturated heterocycles. The van der Waals surface area contributed by atoms with Crippen molar-refractivity contribution in [3.63, 3.8) is 0 Å². The zero-order valence-corrected chi connectivity index (χ0v) is 41.1. The Kier molecular flexibility index (Phi) is 19.3. The van der Waals surface area contributed by atoms with Gasteiger partial charge in [0.25, 0.3) is 0 Å². The summed E-state index contributed by atoms with van der Waals surface area (Å²) in [5.41, 5.74) is 4.48. The lowest BCUT2D eigenvalue weighted by atomic mass is 9.83. The number of benzene rings is 4. The molecule has 4 atom stereocenters. The Morgan fingerprint density at radius 1 is 0.500 bits per heavy atom. The number of para-hydroxylation sites is 2. The maximum Gasteiger partial charge on any atom is 0.333 e. The number of hydrogen-bond donors (Lipinski definition) is 2. The van der Waals surface area contributed by atoms with Crippen molar-refractivity contribution in [2.24, 2.45) is 11.8 Å². The fourth-order valence-corrected chi connectivity index (χ4v) is 10.7. The first-order valence-electron chi connectivity index (χ1n) is 24.9. The molecule has 74 heavy (non-hydrogen) atoms. The van der Waals surface area contributed by atoms with Gasteiger partial charge in [0.15, 0.2) is 24.3 Å². The number of quaternary nitrogens is 2. The summed E-state index contributed by atoms with van der Waals surface area (Å²) >= 11 is 0. The third-order valence-electron chi connectivity index (χ3n) is 14.4. The zero-order valence-electron chi connectivity index (χ0n) is 41.1. The molecule has 12 rings (SSSR count). The first-order valence-corrected chi connectivity index (χ1v) is 24.9. The molecule has 6 fully saturated rings. The molecule has 6 aliphatic rings. The topological polar surface area (TPSA) is 217 Å². The summed E-state index contributed by atoms with van der Waals surface area (Å²) in [4.78, 5) is 77.8. The van der Waals surface area contributed by atoms with E-state index in [1.54, 1.807) is 24.5 Å². The molecule has 0 saturated carbocycles. The largest absolute Gasteiger partial charge is 0.554 e. The molecule has 384 valence electrons. The number of rotatable bonds is 16. The van der Waals surface area contributed by atoms with Crippen molar-refractivity contribution in [2.45, 2.75) is 50.0 Å². The number of carbonyl (C=O) groups excluding carboxylic acids is 6. The van der Waals surface area contributed by atoms with Crippen molar-refractivity contribution in [3.8, 4) is 0 Å². The highest BCUT2D eigenvalue weighted by atomic mass is 16.6. The molecule has 6 aromatic rings. The van der Waals surface area contributed by atoms with E-state index in [0.29, 0.717) is 58.4 Å². The predicted octanol–water partition coefficient (Wildman–Crippen LogP) is 5.27. The van der Waals surface area contributed by atoms with E-state index in [1.165, 1.54) is 0 Å². The minimum absolute atomic E-state index is 0.0546. The highest BCUT2D eigenvalue weighted by Crippen LogP contribution is 2.38. The fourth-order valence-electron chi connectivity index (χ4n) is 10.7. The molecule has 2 unspecified atom stereocenters. The Labute approximate surface area is 431 Å². The second-order valence-electron chi connectivity index (χ2n) is 19.1. The number of aromatic nitrogens is 2. The Bertz CT molecular complexity index is 2520. The van der Waals surface area contributed by atoms with Crippen LogP contribution in [0, 0.1) is 11.8 Å². The van der Waals surface area contributed by atoms with Crippen molar-refractivity contribution in [1.82, 2.24) is 9.97 Å². The monoisotopic (exact) mass is 1000 g/mol. The Morgan fingerprint density at radius 2 is 0.811 bits per heavy atom. The number of fused-ring (bicyclic) bond motifs is 6. The molecule has 6 aliphatic heterocycles. The summed E-state index contributed by atoms with van der Waals surface area (Å²) in [6, 6.07) is 48.5. The van der Waals surface area contributed by atoms with Crippen LogP contribution in [0.15, 0.2) is 170 Å². The number of ether oxygens (including phenoxy) is 2. The van der Waals surface area contributed by atoms with Crippen LogP contribution in [-0.4, -0.2) is 120 Å². The van der Waals surface area contributed by atoms with Crippen LogP contribution in [0.4, 0.5) is 11.4 Å². The number of esters is 2. The van der Waals surface area contributed by atoms with Crippen LogP contribution in [0.25, 0.3) is 0 Å². The quantitative estimate of drug-likeness (QED) is 0.0547. The van der Waals surface area contributed by atoms with Crippen LogP contribution in [0.1, 0.15) is 69.9 Å². The van der Waals surface area contributed by atoms with Gasteiger partial charge in [0.2, 0.25) is 11.6 Å². The lowest BCUT2D eigenvalue weighted by Gasteiger charge is -2.51. The number of piperidine rings is 6. The molecule has 0 spiro atoms. The van der Waals surface area contributed by atoms with Crippen LogP contribution >= 0.6 is 0 Å². The number of nitrogens with one attached hydrogen (secondary N) is 2. The molecule has 0 amide bonds. The third kappa shape index (κ3) is 14.5. The van der Waals surface area contributed by atoms with Crippen LogP contribution < -0.4 is 20.8 Å². The molecule has 4 aromatic carbocycles. The number of ketones is 2. The van der Waals surface area contributed by atoms with Crippen molar-refractivity contribution in [1.29, 1.82) is 0 Å². The highest BCUT2D eigenvalue weighted by Gasteiger charge is 2.50. The molecule has 16 heteroatoms. The van der Waals surface area contributed by atoms with Crippen molar-refractivity contribution in [2.75, 3.05) is 63.0 Å². The number of carbonyl (C=O) groups is 6. The molecule has 2 N–H and O–H groups in total. The summed E-state index contributed by atoms with van der Waals surface area (Å²) < 4.78 is 13.7. The molecular weight excluding hydrogens is 941 g/mol. The maximum absolute atomic E-state index is 13.5. The number of hydrogen-bond acceptors (Lipinski definition) is 14. The summed E-state index contributed by atoms with van der Waals surface area (Å²) in [5, 5.41) is 23.2. The fraction of sp³-hybridized carbons (Fsp3) is 0.310. The van der Waals surface area contributed by atoms with Gasteiger partial charge in [-0.2, -0.15) is 0 Å². The molecule has 16 nitrogen and oxygen atoms in total. The van der Waals surface area contributed by atoms with Gasteiger partial charge in [-0.1, -0.05) is 109 Å². The maximum atomic E-state index is 13.5. The van der Waals surface area contributed by atoms with Crippen LogP contribution in [0.2, 0.25) is 0 Å². The summed E-state index contributed by atoms with van der Waals surface area (Å²) in [6.45, 7) is 4.96.